The van der Waals surface area contributed by atoms with E-state index in [4.69, 9.17) is 5.73 Å². The minimum absolute atomic E-state index is 0.0376. The van der Waals surface area contributed by atoms with E-state index in [1.165, 1.54) is 0 Å². The largest absolute Gasteiger partial charge is 0.338 e. The summed E-state index contributed by atoms with van der Waals surface area (Å²) in [6, 6.07) is 2.06. The predicted octanol–water partition coefficient (Wildman–Crippen LogP) is 2.77. The Bertz CT molecular complexity index is 548. The summed E-state index contributed by atoms with van der Waals surface area (Å²) in [6.07, 6.45) is 0.707. The Hall–Kier alpha value is -0.760. The van der Waals surface area contributed by atoms with Gasteiger partial charge in [0.2, 0.25) is 0 Å². The van der Waals surface area contributed by atoms with Crippen molar-refractivity contribution in [3.63, 3.8) is 0 Å². The highest BCUT2D eigenvalue weighted by atomic mass is 127. The van der Waals surface area contributed by atoms with E-state index in [0.29, 0.717) is 23.1 Å². The number of amides is 1. The summed E-state index contributed by atoms with van der Waals surface area (Å²) in [4.78, 5) is 14.1. The molecule has 1 aromatic rings. The highest BCUT2D eigenvalue weighted by molar-refractivity contribution is 14.1. The molecule has 2 rings (SSSR count). The Morgan fingerprint density at radius 2 is 2.00 bits per heavy atom. The van der Waals surface area contributed by atoms with Gasteiger partial charge in [0.1, 0.15) is 0 Å². The third-order valence-electron chi connectivity index (χ3n) is 3.84. The van der Waals surface area contributed by atoms with E-state index in [1.807, 2.05) is 36.4 Å². The van der Waals surface area contributed by atoms with E-state index < -0.39 is 11.6 Å². The standard InChI is InChI=1S/C14H17F2IN2O/c1-14(2)7-19(4-3-12(14)18)13(20)8-5-9(15)10(16)6-11(8)17/h5-6,12H,3-4,7,18H2,1-2H3. The Kier molecular flexibility index (Phi) is 4.34. The molecule has 0 radical (unpaired) electrons. The second kappa shape index (κ2) is 5.55. The lowest BCUT2D eigenvalue weighted by molar-refractivity contribution is 0.0531. The highest BCUT2D eigenvalue weighted by Crippen LogP contribution is 2.29. The van der Waals surface area contributed by atoms with Crippen LogP contribution >= 0.6 is 22.6 Å². The fourth-order valence-corrected chi connectivity index (χ4v) is 3.06. The van der Waals surface area contributed by atoms with Gasteiger partial charge in [-0.3, -0.25) is 4.79 Å². The lowest BCUT2D eigenvalue weighted by Gasteiger charge is -2.42. The molecule has 20 heavy (non-hydrogen) atoms. The monoisotopic (exact) mass is 394 g/mol. The molecule has 1 atom stereocenters. The number of nitrogens with zero attached hydrogens (tertiary/aromatic N) is 1. The summed E-state index contributed by atoms with van der Waals surface area (Å²) in [5, 5.41) is 0. The molecule has 0 aliphatic carbocycles. The average molecular weight is 394 g/mol. The van der Waals surface area contributed by atoms with Gasteiger partial charge < -0.3 is 10.6 Å². The summed E-state index contributed by atoms with van der Waals surface area (Å²) in [5.41, 5.74) is 6.06. The summed E-state index contributed by atoms with van der Waals surface area (Å²) >= 11 is 1.85. The number of carbonyl (C=O) groups excluding carboxylic acids is 1. The van der Waals surface area contributed by atoms with Crippen LogP contribution in [0.25, 0.3) is 0 Å². The van der Waals surface area contributed by atoms with Crippen molar-refractivity contribution in [2.24, 2.45) is 11.1 Å². The summed E-state index contributed by atoms with van der Waals surface area (Å²) < 4.78 is 26.9. The first-order valence-corrected chi connectivity index (χ1v) is 7.49. The van der Waals surface area contributed by atoms with E-state index in [2.05, 4.69) is 0 Å². The Balaban J connectivity index is 2.26. The quantitative estimate of drug-likeness (QED) is 0.588. The van der Waals surface area contributed by atoms with Crippen molar-refractivity contribution >= 4 is 28.5 Å². The van der Waals surface area contributed by atoms with Crippen LogP contribution in [0.3, 0.4) is 0 Å². The lowest BCUT2D eigenvalue weighted by Crippen LogP contribution is -2.54. The molecule has 110 valence electrons. The van der Waals surface area contributed by atoms with Crippen molar-refractivity contribution < 1.29 is 13.6 Å². The molecule has 1 unspecified atom stereocenters. The fraction of sp³-hybridized carbons (Fsp3) is 0.500. The third kappa shape index (κ3) is 2.95. The molecule has 1 heterocycles. The van der Waals surface area contributed by atoms with Crippen LogP contribution in [0.1, 0.15) is 30.6 Å². The molecular formula is C14H17F2IN2O. The van der Waals surface area contributed by atoms with Crippen LogP contribution in [0.4, 0.5) is 8.78 Å². The van der Waals surface area contributed by atoms with Crippen molar-refractivity contribution in [2.45, 2.75) is 26.3 Å². The van der Waals surface area contributed by atoms with Gasteiger partial charge >= 0.3 is 0 Å². The number of rotatable bonds is 1. The van der Waals surface area contributed by atoms with Crippen LogP contribution in [-0.2, 0) is 0 Å². The van der Waals surface area contributed by atoms with Crippen LogP contribution < -0.4 is 5.73 Å². The van der Waals surface area contributed by atoms with Gasteiger partial charge in [-0.15, -0.1) is 0 Å². The van der Waals surface area contributed by atoms with Crippen molar-refractivity contribution in [3.05, 3.63) is 32.9 Å². The number of carbonyl (C=O) groups is 1. The Labute approximate surface area is 130 Å². The zero-order valence-electron chi connectivity index (χ0n) is 11.4. The van der Waals surface area contributed by atoms with Crippen LogP contribution in [0.5, 0.6) is 0 Å². The number of hydrogen-bond acceptors (Lipinski definition) is 2. The second-order valence-electron chi connectivity index (χ2n) is 5.86. The maximum atomic E-state index is 13.3. The van der Waals surface area contributed by atoms with Crippen molar-refractivity contribution in [1.29, 1.82) is 0 Å². The van der Waals surface area contributed by atoms with Crippen LogP contribution in [-0.4, -0.2) is 29.9 Å². The Morgan fingerprint density at radius 1 is 1.40 bits per heavy atom. The molecule has 0 spiro atoms. The normalized spacial score (nSPS) is 21.9. The smallest absolute Gasteiger partial charge is 0.255 e. The maximum absolute atomic E-state index is 13.3. The third-order valence-corrected chi connectivity index (χ3v) is 4.73. The topological polar surface area (TPSA) is 46.3 Å². The van der Waals surface area contributed by atoms with Gasteiger partial charge in [0.05, 0.1) is 5.56 Å². The summed E-state index contributed by atoms with van der Waals surface area (Å²) in [6.45, 7) is 5.07. The Morgan fingerprint density at radius 3 is 2.60 bits per heavy atom. The second-order valence-corrected chi connectivity index (χ2v) is 7.02. The van der Waals surface area contributed by atoms with E-state index >= 15 is 0 Å². The van der Waals surface area contributed by atoms with E-state index in [1.54, 1.807) is 4.90 Å². The van der Waals surface area contributed by atoms with E-state index in [9.17, 15) is 13.6 Å². The van der Waals surface area contributed by atoms with Crippen LogP contribution in [0.2, 0.25) is 0 Å². The number of hydrogen-bond donors (Lipinski definition) is 1. The number of nitrogens with two attached hydrogens (primary N) is 1. The van der Waals surface area contributed by atoms with Gasteiger partial charge in [-0.25, -0.2) is 8.78 Å². The molecule has 0 saturated carbocycles. The molecule has 1 saturated heterocycles. The number of benzene rings is 1. The molecule has 6 heteroatoms. The fourth-order valence-electron chi connectivity index (χ4n) is 2.40. The SMILES string of the molecule is CC1(C)CN(C(=O)c2cc(F)c(F)cc2I)CCC1N. The lowest BCUT2D eigenvalue weighted by atomic mass is 9.79. The van der Waals surface area contributed by atoms with Gasteiger partial charge in [0, 0.05) is 22.7 Å². The van der Waals surface area contributed by atoms with E-state index in [-0.39, 0.29) is 22.9 Å². The zero-order valence-corrected chi connectivity index (χ0v) is 13.6. The molecule has 1 fully saturated rings. The molecule has 0 aromatic heterocycles. The predicted molar refractivity (Wildman–Crippen MR) is 81.4 cm³/mol. The molecule has 3 nitrogen and oxygen atoms in total. The highest BCUT2D eigenvalue weighted by Gasteiger charge is 2.36. The molecule has 1 aliphatic rings. The van der Waals surface area contributed by atoms with Crippen molar-refractivity contribution in [2.75, 3.05) is 13.1 Å². The first kappa shape index (κ1) is 15.6. The maximum Gasteiger partial charge on any atom is 0.255 e. The van der Waals surface area contributed by atoms with Crippen molar-refractivity contribution in [3.8, 4) is 0 Å². The zero-order chi connectivity index (χ0) is 15.1. The van der Waals surface area contributed by atoms with Gasteiger partial charge in [-0.2, -0.15) is 0 Å². The van der Waals surface area contributed by atoms with Gasteiger partial charge in [-0.05, 0) is 46.6 Å². The van der Waals surface area contributed by atoms with E-state index in [0.717, 1.165) is 12.1 Å². The van der Waals surface area contributed by atoms with Crippen LogP contribution in [0.15, 0.2) is 12.1 Å². The first-order chi connectivity index (χ1) is 9.22. The summed E-state index contributed by atoms with van der Waals surface area (Å²) in [7, 11) is 0. The number of piperidine rings is 1. The van der Waals surface area contributed by atoms with Crippen LogP contribution in [0, 0.1) is 20.6 Å². The molecule has 1 aromatic carbocycles. The summed E-state index contributed by atoms with van der Waals surface area (Å²) in [5.74, 6) is -2.21. The average Bonchev–Trinajstić information content (AvgIpc) is 2.36. The molecule has 1 aliphatic heterocycles. The first-order valence-electron chi connectivity index (χ1n) is 6.42. The van der Waals surface area contributed by atoms with Gasteiger partial charge in [-0.1, -0.05) is 13.8 Å². The minimum atomic E-state index is -0.998. The molecule has 1 amide bonds. The number of likely N-dealkylation sites (tertiary alicyclic amines) is 1. The minimum Gasteiger partial charge on any atom is -0.338 e. The number of halogens is 3. The van der Waals surface area contributed by atoms with Crippen molar-refractivity contribution in [1.82, 2.24) is 4.90 Å². The molecular weight excluding hydrogens is 377 g/mol. The van der Waals surface area contributed by atoms with Gasteiger partial charge in [0.15, 0.2) is 11.6 Å². The molecule has 2 N–H and O–H groups in total. The van der Waals surface area contributed by atoms with Gasteiger partial charge in [0.25, 0.3) is 5.91 Å². The molecule has 0 bridgehead atoms.